The van der Waals surface area contributed by atoms with Crippen molar-refractivity contribution >= 4 is 11.7 Å². The van der Waals surface area contributed by atoms with Crippen LogP contribution in [0, 0.1) is 0 Å². The molecule has 0 saturated heterocycles. The van der Waals surface area contributed by atoms with Crippen LogP contribution >= 0.6 is 0 Å². The highest BCUT2D eigenvalue weighted by Gasteiger charge is 2.41. The molecule has 0 unspecified atom stereocenters. The quantitative estimate of drug-likeness (QED) is 0.490. The lowest BCUT2D eigenvalue weighted by molar-refractivity contribution is -0.141. The van der Waals surface area contributed by atoms with Crippen LogP contribution in [0.15, 0.2) is 12.1 Å². The van der Waals surface area contributed by atoms with Crippen molar-refractivity contribution < 1.29 is 35.9 Å². The molecule has 0 aliphatic heterocycles. The van der Waals surface area contributed by atoms with Crippen LogP contribution in [-0.2, 0) is 17.1 Å². The molecule has 0 spiro atoms. The van der Waals surface area contributed by atoms with Crippen LogP contribution in [-0.4, -0.2) is 13.1 Å². The first-order valence-electron chi connectivity index (χ1n) is 4.64. The molecule has 3 nitrogen and oxygen atoms in total. The summed E-state index contributed by atoms with van der Waals surface area (Å²) in [5, 5.41) is 0. The van der Waals surface area contributed by atoms with Crippen molar-refractivity contribution in [2.45, 2.75) is 12.4 Å². The van der Waals surface area contributed by atoms with Crippen molar-refractivity contribution in [1.82, 2.24) is 0 Å². The normalized spacial score (nSPS) is 12.4. The summed E-state index contributed by atoms with van der Waals surface area (Å²) in [6.45, 7) is 0. The fourth-order valence-electron chi connectivity index (χ4n) is 1.42. The van der Waals surface area contributed by atoms with Gasteiger partial charge in [-0.1, -0.05) is 0 Å². The summed E-state index contributed by atoms with van der Waals surface area (Å²) < 4.78 is 79.4. The number of ether oxygens (including phenoxy) is 1. The summed E-state index contributed by atoms with van der Waals surface area (Å²) in [6.07, 6.45) is -10.0. The Bertz CT molecular complexity index is 506. The second kappa shape index (κ2) is 4.63. The average Bonchev–Trinajstić information content (AvgIpc) is 2.23. The van der Waals surface area contributed by atoms with Crippen molar-refractivity contribution in [3.8, 4) is 0 Å². The third-order valence-corrected chi connectivity index (χ3v) is 2.18. The SMILES string of the molecule is COC(=O)c1cc(C(F)(F)F)cc(N)c1C(F)(F)F. The van der Waals surface area contributed by atoms with Crippen LogP contribution in [0.2, 0.25) is 0 Å². The lowest BCUT2D eigenvalue weighted by atomic mass is 10.0. The number of nitrogen functional groups attached to an aromatic ring is 1. The molecule has 0 aliphatic carbocycles. The van der Waals surface area contributed by atoms with Crippen LogP contribution in [0.3, 0.4) is 0 Å². The zero-order chi connectivity index (χ0) is 15.0. The van der Waals surface area contributed by atoms with E-state index >= 15 is 0 Å². The maximum atomic E-state index is 12.7. The Balaban J connectivity index is 3.62. The molecule has 9 heteroatoms. The van der Waals surface area contributed by atoms with Gasteiger partial charge in [0.2, 0.25) is 0 Å². The molecule has 0 bridgehead atoms. The molecule has 1 rings (SSSR count). The topological polar surface area (TPSA) is 52.3 Å². The molecule has 19 heavy (non-hydrogen) atoms. The minimum atomic E-state index is -5.07. The van der Waals surface area contributed by atoms with Crippen LogP contribution in [0.4, 0.5) is 32.0 Å². The van der Waals surface area contributed by atoms with E-state index in [1.165, 1.54) is 0 Å². The molecular formula is C10H7F6NO2. The van der Waals surface area contributed by atoms with Gasteiger partial charge >= 0.3 is 18.3 Å². The van der Waals surface area contributed by atoms with E-state index in [2.05, 4.69) is 4.74 Å². The van der Waals surface area contributed by atoms with Gasteiger partial charge in [0.1, 0.15) is 0 Å². The second-order valence-corrected chi connectivity index (χ2v) is 3.48. The number of benzene rings is 1. The molecule has 2 N–H and O–H groups in total. The van der Waals surface area contributed by atoms with E-state index in [0.717, 1.165) is 7.11 Å². The van der Waals surface area contributed by atoms with Crippen LogP contribution < -0.4 is 5.73 Å². The Morgan fingerprint density at radius 3 is 2.00 bits per heavy atom. The predicted molar refractivity (Wildman–Crippen MR) is 52.2 cm³/mol. The number of halogens is 6. The molecule has 0 saturated carbocycles. The van der Waals surface area contributed by atoms with Gasteiger partial charge in [-0.3, -0.25) is 0 Å². The molecule has 0 amide bonds. The molecule has 0 fully saturated rings. The Kier molecular flexibility index (Phi) is 3.69. The van der Waals surface area contributed by atoms with Crippen LogP contribution in [0.25, 0.3) is 0 Å². The number of nitrogens with two attached hydrogens (primary N) is 1. The summed E-state index contributed by atoms with van der Waals surface area (Å²) >= 11 is 0. The Hall–Kier alpha value is -1.93. The standard InChI is InChI=1S/C10H7F6NO2/c1-19-8(18)5-2-4(9(11,12)13)3-6(17)7(5)10(14,15)16/h2-3H,17H2,1H3. The third kappa shape index (κ3) is 3.09. The van der Waals surface area contributed by atoms with Crippen molar-refractivity contribution in [2.75, 3.05) is 12.8 Å². The van der Waals surface area contributed by atoms with Gasteiger partial charge in [0.05, 0.1) is 23.8 Å². The summed E-state index contributed by atoms with van der Waals surface area (Å²) in [5.41, 5.74) is -0.604. The number of hydrogen-bond donors (Lipinski definition) is 1. The molecule has 106 valence electrons. The van der Waals surface area contributed by atoms with Gasteiger partial charge in [-0.05, 0) is 12.1 Å². The van der Waals surface area contributed by atoms with Crippen molar-refractivity contribution in [3.63, 3.8) is 0 Å². The third-order valence-electron chi connectivity index (χ3n) is 2.18. The van der Waals surface area contributed by atoms with Crippen molar-refractivity contribution in [1.29, 1.82) is 0 Å². The Labute approximate surface area is 102 Å². The van der Waals surface area contributed by atoms with E-state index in [1.807, 2.05) is 0 Å². The molecule has 0 aromatic heterocycles. The second-order valence-electron chi connectivity index (χ2n) is 3.48. The molecule has 0 radical (unpaired) electrons. The van der Waals surface area contributed by atoms with Gasteiger partial charge in [-0.25, -0.2) is 4.79 Å². The molecule has 1 aromatic rings. The van der Waals surface area contributed by atoms with E-state index in [1.54, 1.807) is 0 Å². The van der Waals surface area contributed by atoms with Crippen molar-refractivity contribution in [3.05, 3.63) is 28.8 Å². The fourth-order valence-corrected chi connectivity index (χ4v) is 1.42. The average molecular weight is 287 g/mol. The highest BCUT2D eigenvalue weighted by molar-refractivity contribution is 5.93. The number of hydrogen-bond acceptors (Lipinski definition) is 3. The lowest BCUT2D eigenvalue weighted by Gasteiger charge is -2.16. The molecular weight excluding hydrogens is 280 g/mol. The largest absolute Gasteiger partial charge is 0.465 e. The summed E-state index contributed by atoms with van der Waals surface area (Å²) in [5.74, 6) is -1.55. The summed E-state index contributed by atoms with van der Waals surface area (Å²) in [6, 6.07) is 0.181. The van der Waals surface area contributed by atoms with E-state index in [4.69, 9.17) is 5.73 Å². The number of rotatable bonds is 1. The Morgan fingerprint density at radius 2 is 1.63 bits per heavy atom. The van der Waals surface area contributed by atoms with Crippen LogP contribution in [0.1, 0.15) is 21.5 Å². The monoisotopic (exact) mass is 287 g/mol. The van der Waals surface area contributed by atoms with E-state index in [9.17, 15) is 31.1 Å². The lowest BCUT2D eigenvalue weighted by Crippen LogP contribution is -2.19. The number of carbonyl (C=O) groups excluding carboxylic acids is 1. The van der Waals surface area contributed by atoms with E-state index in [0.29, 0.717) is 0 Å². The van der Waals surface area contributed by atoms with E-state index in [-0.39, 0.29) is 12.1 Å². The summed E-state index contributed by atoms with van der Waals surface area (Å²) in [4.78, 5) is 11.2. The smallest absolute Gasteiger partial charge is 0.419 e. The van der Waals surface area contributed by atoms with Gasteiger partial charge in [-0.2, -0.15) is 26.3 Å². The van der Waals surface area contributed by atoms with Gasteiger partial charge in [0, 0.05) is 5.69 Å². The minimum absolute atomic E-state index is 0.0605. The Morgan fingerprint density at radius 1 is 1.11 bits per heavy atom. The van der Waals surface area contributed by atoms with E-state index < -0.39 is 40.7 Å². The number of anilines is 1. The first-order valence-corrected chi connectivity index (χ1v) is 4.64. The zero-order valence-electron chi connectivity index (χ0n) is 9.32. The first kappa shape index (κ1) is 15.1. The fraction of sp³-hybridized carbons (Fsp3) is 0.300. The maximum Gasteiger partial charge on any atom is 0.419 e. The van der Waals surface area contributed by atoms with Gasteiger partial charge in [-0.15, -0.1) is 0 Å². The minimum Gasteiger partial charge on any atom is -0.465 e. The zero-order valence-corrected chi connectivity index (χ0v) is 9.32. The number of alkyl halides is 6. The highest BCUT2D eigenvalue weighted by atomic mass is 19.4. The van der Waals surface area contributed by atoms with Crippen molar-refractivity contribution in [2.24, 2.45) is 0 Å². The highest BCUT2D eigenvalue weighted by Crippen LogP contribution is 2.40. The predicted octanol–water partition coefficient (Wildman–Crippen LogP) is 3.09. The number of esters is 1. The van der Waals surface area contributed by atoms with Gasteiger partial charge in [0.25, 0.3) is 0 Å². The van der Waals surface area contributed by atoms with Gasteiger partial charge in [0.15, 0.2) is 0 Å². The first-order chi connectivity index (χ1) is 8.48. The molecule has 0 aliphatic rings. The summed E-state index contributed by atoms with van der Waals surface area (Å²) in [7, 11) is 0.749. The molecule has 1 aromatic carbocycles. The van der Waals surface area contributed by atoms with Crippen LogP contribution in [0.5, 0.6) is 0 Å². The van der Waals surface area contributed by atoms with Gasteiger partial charge < -0.3 is 10.5 Å². The molecule has 0 atom stereocenters. The maximum absolute atomic E-state index is 12.7. The number of carbonyl (C=O) groups is 1. The molecule has 0 heterocycles. The number of methoxy groups -OCH3 is 1.